The van der Waals surface area contributed by atoms with Crippen LogP contribution in [-0.4, -0.2) is 17.7 Å². The van der Waals surface area contributed by atoms with E-state index in [1.54, 1.807) is 0 Å². The molecular formula is C14H17F3O3. The minimum Gasteiger partial charge on any atom is -0.493 e. The lowest BCUT2D eigenvalue weighted by molar-refractivity contribution is -0.139. The summed E-state index contributed by atoms with van der Waals surface area (Å²) >= 11 is 0. The second-order valence-electron chi connectivity index (χ2n) is 5.67. The van der Waals surface area contributed by atoms with E-state index in [9.17, 15) is 18.0 Å². The lowest BCUT2D eigenvalue weighted by Crippen LogP contribution is -2.14. The van der Waals surface area contributed by atoms with Crippen LogP contribution in [0.25, 0.3) is 0 Å². The van der Waals surface area contributed by atoms with Gasteiger partial charge in [0.25, 0.3) is 0 Å². The molecule has 0 heterocycles. The van der Waals surface area contributed by atoms with E-state index in [0.29, 0.717) is 12.5 Å². The van der Waals surface area contributed by atoms with E-state index in [2.05, 4.69) is 0 Å². The molecule has 1 aromatic carbocycles. The van der Waals surface area contributed by atoms with Crippen LogP contribution in [0.15, 0.2) is 18.2 Å². The van der Waals surface area contributed by atoms with Crippen molar-refractivity contribution in [2.24, 2.45) is 5.41 Å². The van der Waals surface area contributed by atoms with Crippen molar-refractivity contribution >= 4 is 5.97 Å². The number of hydrogen-bond acceptors (Lipinski definition) is 2. The zero-order valence-corrected chi connectivity index (χ0v) is 11.5. The van der Waals surface area contributed by atoms with Crippen molar-refractivity contribution in [2.45, 2.75) is 33.4 Å². The fraction of sp³-hybridized carbons (Fsp3) is 0.500. The number of carboxylic acid groups (broad SMARTS) is 1. The highest BCUT2D eigenvalue weighted by Crippen LogP contribution is 2.37. The Morgan fingerprint density at radius 2 is 1.85 bits per heavy atom. The summed E-state index contributed by atoms with van der Waals surface area (Å²) in [7, 11) is 0. The van der Waals surface area contributed by atoms with Crippen molar-refractivity contribution in [1.82, 2.24) is 0 Å². The molecule has 20 heavy (non-hydrogen) atoms. The van der Waals surface area contributed by atoms with Crippen molar-refractivity contribution in [2.75, 3.05) is 6.61 Å². The maximum atomic E-state index is 12.9. The lowest BCUT2D eigenvalue weighted by atomic mass is 9.93. The molecule has 1 N–H and O–H groups in total. The first-order chi connectivity index (χ1) is 9.00. The van der Waals surface area contributed by atoms with Crippen molar-refractivity contribution in [3.8, 4) is 5.75 Å². The van der Waals surface area contributed by atoms with E-state index in [1.807, 2.05) is 20.8 Å². The Morgan fingerprint density at radius 1 is 1.25 bits per heavy atom. The Kier molecular flexibility index (Phi) is 4.68. The molecule has 0 aliphatic rings. The van der Waals surface area contributed by atoms with E-state index in [1.165, 1.54) is 0 Å². The molecule has 3 nitrogen and oxygen atoms in total. The maximum Gasteiger partial charge on any atom is 0.419 e. The molecule has 0 saturated heterocycles. The first-order valence-corrected chi connectivity index (χ1v) is 6.08. The smallest absolute Gasteiger partial charge is 0.419 e. The van der Waals surface area contributed by atoms with Crippen LogP contribution in [-0.2, 0) is 6.18 Å². The maximum absolute atomic E-state index is 12.9. The summed E-state index contributed by atoms with van der Waals surface area (Å²) in [5, 5.41) is 8.74. The van der Waals surface area contributed by atoms with Crippen LogP contribution in [0.5, 0.6) is 5.75 Å². The van der Waals surface area contributed by atoms with Crippen LogP contribution in [0.2, 0.25) is 0 Å². The van der Waals surface area contributed by atoms with Gasteiger partial charge in [0.05, 0.1) is 17.7 Å². The number of alkyl halides is 3. The molecule has 0 amide bonds. The predicted molar refractivity (Wildman–Crippen MR) is 68.0 cm³/mol. The van der Waals surface area contributed by atoms with Crippen LogP contribution in [0.4, 0.5) is 13.2 Å². The Morgan fingerprint density at radius 3 is 2.30 bits per heavy atom. The molecule has 0 spiro atoms. The van der Waals surface area contributed by atoms with Crippen molar-refractivity contribution in [3.05, 3.63) is 29.3 Å². The molecule has 1 rings (SSSR count). The van der Waals surface area contributed by atoms with E-state index in [4.69, 9.17) is 9.84 Å². The van der Waals surface area contributed by atoms with Gasteiger partial charge in [-0.15, -0.1) is 0 Å². The van der Waals surface area contributed by atoms with Gasteiger partial charge < -0.3 is 9.84 Å². The topological polar surface area (TPSA) is 46.5 Å². The van der Waals surface area contributed by atoms with Gasteiger partial charge in [0.15, 0.2) is 0 Å². The standard InChI is InChI=1S/C14H17F3O3/c1-13(2,3)6-7-20-11-5-4-9(12(18)19)8-10(11)14(15,16)17/h4-5,8H,6-7H2,1-3H3,(H,18,19). The lowest BCUT2D eigenvalue weighted by Gasteiger charge is -2.19. The second kappa shape index (κ2) is 5.73. The predicted octanol–water partition coefficient (Wildman–Crippen LogP) is 4.22. The number of rotatable bonds is 4. The Hall–Kier alpha value is -1.72. The molecule has 0 aliphatic heterocycles. The molecule has 6 heteroatoms. The van der Waals surface area contributed by atoms with E-state index in [0.717, 1.165) is 12.1 Å². The van der Waals surface area contributed by atoms with Crippen LogP contribution in [0.3, 0.4) is 0 Å². The molecule has 0 aliphatic carbocycles. The minimum atomic E-state index is -4.65. The molecule has 0 fully saturated rings. The van der Waals surface area contributed by atoms with Gasteiger partial charge in [0, 0.05) is 0 Å². The fourth-order valence-electron chi connectivity index (χ4n) is 1.48. The van der Waals surface area contributed by atoms with E-state index in [-0.39, 0.29) is 17.8 Å². The molecule has 1 aromatic rings. The van der Waals surface area contributed by atoms with Crippen molar-refractivity contribution in [3.63, 3.8) is 0 Å². The normalized spacial score (nSPS) is 12.3. The van der Waals surface area contributed by atoms with Gasteiger partial charge in [-0.3, -0.25) is 0 Å². The van der Waals surface area contributed by atoms with Gasteiger partial charge in [-0.2, -0.15) is 13.2 Å². The Bertz CT molecular complexity index is 487. The van der Waals surface area contributed by atoms with Crippen molar-refractivity contribution < 1.29 is 27.8 Å². The third-order valence-corrected chi connectivity index (χ3v) is 2.64. The van der Waals surface area contributed by atoms with Gasteiger partial charge in [0.2, 0.25) is 0 Å². The number of hydrogen-bond donors (Lipinski definition) is 1. The first kappa shape index (κ1) is 16.3. The number of carboxylic acids is 1. The zero-order chi connectivity index (χ0) is 15.6. The molecule has 0 radical (unpaired) electrons. The number of halogens is 3. The first-order valence-electron chi connectivity index (χ1n) is 6.08. The van der Waals surface area contributed by atoms with E-state index >= 15 is 0 Å². The third-order valence-electron chi connectivity index (χ3n) is 2.64. The van der Waals surface area contributed by atoms with Gasteiger partial charge in [-0.1, -0.05) is 20.8 Å². The average molecular weight is 290 g/mol. The highest BCUT2D eigenvalue weighted by atomic mass is 19.4. The molecule has 0 bridgehead atoms. The van der Waals surface area contributed by atoms with E-state index < -0.39 is 23.3 Å². The average Bonchev–Trinajstić information content (AvgIpc) is 2.25. The van der Waals surface area contributed by atoms with Crippen molar-refractivity contribution in [1.29, 1.82) is 0 Å². The number of benzene rings is 1. The summed E-state index contributed by atoms with van der Waals surface area (Å²) in [5.74, 6) is -1.75. The van der Waals surface area contributed by atoms with Crippen LogP contribution >= 0.6 is 0 Å². The third kappa shape index (κ3) is 4.75. The Balaban J connectivity index is 2.98. The van der Waals surface area contributed by atoms with Gasteiger partial charge in [-0.25, -0.2) is 4.79 Å². The summed E-state index contributed by atoms with van der Waals surface area (Å²) in [6.45, 7) is 6.00. The Labute approximate surface area is 115 Å². The SMILES string of the molecule is CC(C)(C)CCOc1ccc(C(=O)O)cc1C(F)(F)F. The van der Waals surface area contributed by atoms with Gasteiger partial charge in [0.1, 0.15) is 5.75 Å². The molecule has 0 unspecified atom stereocenters. The molecular weight excluding hydrogens is 273 g/mol. The summed E-state index contributed by atoms with van der Waals surface area (Å²) in [6.07, 6.45) is -4.06. The summed E-state index contributed by atoms with van der Waals surface area (Å²) in [6, 6.07) is 2.74. The quantitative estimate of drug-likeness (QED) is 0.903. The largest absolute Gasteiger partial charge is 0.493 e. The van der Waals surface area contributed by atoms with Crippen LogP contribution in [0.1, 0.15) is 43.1 Å². The fourth-order valence-corrected chi connectivity index (χ4v) is 1.48. The molecule has 0 saturated carbocycles. The van der Waals surface area contributed by atoms with Gasteiger partial charge >= 0.3 is 12.1 Å². The molecule has 112 valence electrons. The monoisotopic (exact) mass is 290 g/mol. The summed E-state index contributed by atoms with van der Waals surface area (Å²) in [4.78, 5) is 10.7. The summed E-state index contributed by atoms with van der Waals surface area (Å²) < 4.78 is 43.8. The number of ether oxygens (including phenoxy) is 1. The highest BCUT2D eigenvalue weighted by molar-refractivity contribution is 5.88. The second-order valence-corrected chi connectivity index (χ2v) is 5.67. The summed E-state index contributed by atoms with van der Waals surface area (Å²) in [5.41, 5.74) is -1.54. The number of carbonyl (C=O) groups is 1. The molecule has 0 aromatic heterocycles. The number of aromatic carboxylic acids is 1. The minimum absolute atomic E-state index is 0.0561. The molecule has 0 atom stereocenters. The van der Waals surface area contributed by atoms with Crippen LogP contribution < -0.4 is 4.74 Å². The van der Waals surface area contributed by atoms with Gasteiger partial charge in [-0.05, 0) is 30.0 Å². The highest BCUT2D eigenvalue weighted by Gasteiger charge is 2.35. The van der Waals surface area contributed by atoms with Crippen LogP contribution in [0, 0.1) is 5.41 Å². The zero-order valence-electron chi connectivity index (χ0n) is 11.5.